The maximum Gasteiger partial charge on any atom is 0.294 e. The van der Waals surface area contributed by atoms with Crippen molar-refractivity contribution >= 4 is 63.8 Å². The zero-order chi connectivity index (χ0) is 22.0. The summed E-state index contributed by atoms with van der Waals surface area (Å²) in [5.41, 5.74) is 0.644. The SMILES string of the molecule is COc1cc(/C=C2\SC(=O)N(CC(=O)Nc3ccc(F)c(Cl)c3)C2=O)cc(Cl)c1O. The number of amides is 3. The molecular weight excluding hydrogens is 458 g/mol. The summed E-state index contributed by atoms with van der Waals surface area (Å²) in [6, 6.07) is 6.44. The minimum atomic E-state index is -0.666. The standard InChI is InChI=1S/C19H13Cl2FN2O5S/c1-29-14-5-9(4-12(21)17(14)26)6-15-18(27)24(19(28)30-15)8-16(25)23-10-2-3-13(22)11(20)7-10/h2-7,26H,8H2,1H3,(H,23,25)/b15-6-. The van der Waals surface area contributed by atoms with Gasteiger partial charge in [-0.2, -0.15) is 0 Å². The average molecular weight is 471 g/mol. The highest BCUT2D eigenvalue weighted by molar-refractivity contribution is 8.18. The number of ether oxygens (including phenoxy) is 1. The molecule has 0 aromatic heterocycles. The van der Waals surface area contributed by atoms with Gasteiger partial charge in [-0.05, 0) is 53.7 Å². The number of anilines is 1. The van der Waals surface area contributed by atoms with Crippen molar-refractivity contribution in [2.75, 3.05) is 19.0 Å². The number of nitrogens with one attached hydrogen (secondary N) is 1. The number of hydrogen-bond acceptors (Lipinski definition) is 6. The van der Waals surface area contributed by atoms with Crippen molar-refractivity contribution in [3.05, 3.63) is 56.7 Å². The van der Waals surface area contributed by atoms with Gasteiger partial charge in [-0.15, -0.1) is 0 Å². The number of carbonyl (C=O) groups is 3. The number of aromatic hydroxyl groups is 1. The average Bonchev–Trinajstić information content (AvgIpc) is 2.94. The molecule has 3 amide bonds. The second kappa shape index (κ2) is 8.95. The topological polar surface area (TPSA) is 95.9 Å². The molecule has 1 heterocycles. The van der Waals surface area contributed by atoms with Crippen LogP contribution in [0.25, 0.3) is 6.08 Å². The number of halogens is 3. The maximum atomic E-state index is 13.2. The number of nitrogens with zero attached hydrogens (tertiary/aromatic N) is 1. The van der Waals surface area contributed by atoms with Gasteiger partial charge in [0.1, 0.15) is 12.4 Å². The molecule has 1 saturated heterocycles. The molecule has 1 aliphatic rings. The largest absolute Gasteiger partial charge is 0.503 e. The van der Waals surface area contributed by atoms with Crippen LogP contribution in [-0.4, -0.2) is 40.7 Å². The molecule has 2 N–H and O–H groups in total. The van der Waals surface area contributed by atoms with Crippen LogP contribution in [0.1, 0.15) is 5.56 Å². The van der Waals surface area contributed by atoms with Gasteiger partial charge >= 0.3 is 0 Å². The Balaban J connectivity index is 1.74. The zero-order valence-electron chi connectivity index (χ0n) is 15.2. The number of phenolic OH excluding ortho intramolecular Hbond substituents is 1. The molecule has 1 fully saturated rings. The number of methoxy groups -OCH3 is 1. The van der Waals surface area contributed by atoms with E-state index in [2.05, 4.69) is 5.32 Å². The minimum absolute atomic E-state index is 0.0113. The van der Waals surface area contributed by atoms with Crippen LogP contribution < -0.4 is 10.1 Å². The van der Waals surface area contributed by atoms with Crippen LogP contribution in [0.5, 0.6) is 11.5 Å². The smallest absolute Gasteiger partial charge is 0.294 e. The van der Waals surface area contributed by atoms with Crippen LogP contribution in [0, 0.1) is 5.82 Å². The Labute approximate surface area is 184 Å². The Morgan fingerprint density at radius 2 is 2.00 bits per heavy atom. The van der Waals surface area contributed by atoms with E-state index < -0.39 is 29.4 Å². The molecule has 0 saturated carbocycles. The Kier molecular flexibility index (Phi) is 6.55. The Bertz CT molecular complexity index is 1090. The molecule has 0 radical (unpaired) electrons. The molecule has 11 heteroatoms. The van der Waals surface area contributed by atoms with Crippen LogP contribution in [0.3, 0.4) is 0 Å². The van der Waals surface area contributed by atoms with Crippen LogP contribution in [-0.2, 0) is 9.59 Å². The number of hydrogen-bond donors (Lipinski definition) is 2. The first-order valence-electron chi connectivity index (χ1n) is 8.26. The Morgan fingerprint density at radius 1 is 1.27 bits per heavy atom. The van der Waals surface area contributed by atoms with Gasteiger partial charge in [0.25, 0.3) is 11.1 Å². The van der Waals surface area contributed by atoms with E-state index in [0.717, 1.165) is 11.0 Å². The third-order valence-corrected chi connectivity index (χ3v) is 5.43. The fourth-order valence-corrected chi connectivity index (χ4v) is 3.78. The van der Waals surface area contributed by atoms with Crippen molar-refractivity contribution in [2.45, 2.75) is 0 Å². The third-order valence-electron chi connectivity index (χ3n) is 3.95. The number of imide groups is 1. The van der Waals surface area contributed by atoms with Crippen molar-refractivity contribution in [3.63, 3.8) is 0 Å². The lowest BCUT2D eigenvalue weighted by Gasteiger charge is -2.12. The summed E-state index contributed by atoms with van der Waals surface area (Å²) < 4.78 is 18.2. The Hall–Kier alpha value is -2.75. The van der Waals surface area contributed by atoms with Gasteiger partial charge < -0.3 is 15.2 Å². The molecule has 0 spiro atoms. The molecule has 0 unspecified atom stereocenters. The van der Waals surface area contributed by atoms with E-state index in [9.17, 15) is 23.9 Å². The summed E-state index contributed by atoms with van der Waals surface area (Å²) in [6.07, 6.45) is 1.40. The van der Waals surface area contributed by atoms with E-state index in [1.807, 2.05) is 0 Å². The molecule has 3 rings (SSSR count). The molecule has 1 aliphatic heterocycles. The van der Waals surface area contributed by atoms with E-state index in [4.69, 9.17) is 27.9 Å². The first kappa shape index (κ1) is 21.9. The predicted molar refractivity (Wildman–Crippen MR) is 112 cm³/mol. The van der Waals surface area contributed by atoms with E-state index in [0.29, 0.717) is 17.3 Å². The van der Waals surface area contributed by atoms with Gasteiger partial charge in [-0.1, -0.05) is 23.2 Å². The normalized spacial score (nSPS) is 15.1. The van der Waals surface area contributed by atoms with Gasteiger partial charge in [0.2, 0.25) is 5.91 Å². The van der Waals surface area contributed by atoms with E-state index >= 15 is 0 Å². The van der Waals surface area contributed by atoms with Crippen LogP contribution in [0.4, 0.5) is 14.9 Å². The molecular formula is C19H13Cl2FN2O5S. The number of benzene rings is 2. The number of phenols is 1. The lowest BCUT2D eigenvalue weighted by Crippen LogP contribution is -2.36. The second-order valence-electron chi connectivity index (χ2n) is 6.00. The van der Waals surface area contributed by atoms with Gasteiger partial charge in [0.05, 0.1) is 22.1 Å². The summed E-state index contributed by atoms with van der Waals surface area (Å²) in [5, 5.41) is 11.4. The summed E-state index contributed by atoms with van der Waals surface area (Å²) in [5.74, 6) is -2.11. The van der Waals surface area contributed by atoms with Gasteiger partial charge in [-0.25, -0.2) is 4.39 Å². The molecule has 0 aliphatic carbocycles. The fraction of sp³-hybridized carbons (Fsp3) is 0.105. The van der Waals surface area contributed by atoms with Gasteiger partial charge in [0, 0.05) is 5.69 Å². The number of thioether (sulfide) groups is 1. The van der Waals surface area contributed by atoms with Crippen molar-refractivity contribution in [1.82, 2.24) is 4.90 Å². The van der Waals surface area contributed by atoms with Crippen LogP contribution >= 0.6 is 35.0 Å². The zero-order valence-corrected chi connectivity index (χ0v) is 17.6. The van der Waals surface area contributed by atoms with E-state index in [-0.39, 0.29) is 32.1 Å². The first-order valence-corrected chi connectivity index (χ1v) is 9.83. The molecule has 7 nitrogen and oxygen atoms in total. The molecule has 30 heavy (non-hydrogen) atoms. The quantitative estimate of drug-likeness (QED) is 0.623. The number of rotatable bonds is 5. The summed E-state index contributed by atoms with van der Waals surface area (Å²) in [7, 11) is 1.34. The summed E-state index contributed by atoms with van der Waals surface area (Å²) in [6.45, 7) is -0.531. The highest BCUT2D eigenvalue weighted by atomic mass is 35.5. The monoisotopic (exact) mass is 470 g/mol. The first-order chi connectivity index (χ1) is 14.2. The highest BCUT2D eigenvalue weighted by Crippen LogP contribution is 2.38. The molecule has 2 aromatic carbocycles. The number of carbonyl (C=O) groups excluding carboxylic acids is 3. The molecule has 0 bridgehead atoms. The van der Waals surface area contributed by atoms with Crippen molar-refractivity contribution in [3.8, 4) is 11.5 Å². The molecule has 2 aromatic rings. The predicted octanol–water partition coefficient (Wildman–Crippen LogP) is 4.52. The highest BCUT2D eigenvalue weighted by Gasteiger charge is 2.36. The lowest BCUT2D eigenvalue weighted by atomic mass is 10.2. The second-order valence-corrected chi connectivity index (χ2v) is 7.81. The molecule has 156 valence electrons. The fourth-order valence-electron chi connectivity index (χ4n) is 2.54. The van der Waals surface area contributed by atoms with E-state index in [1.54, 1.807) is 0 Å². The van der Waals surface area contributed by atoms with Crippen molar-refractivity contribution in [2.24, 2.45) is 0 Å². The van der Waals surface area contributed by atoms with Crippen molar-refractivity contribution < 1.29 is 28.6 Å². The van der Waals surface area contributed by atoms with Crippen LogP contribution in [0.2, 0.25) is 10.0 Å². The molecule has 0 atom stereocenters. The summed E-state index contributed by atoms with van der Waals surface area (Å²) >= 11 is 12.2. The maximum absolute atomic E-state index is 13.2. The Morgan fingerprint density at radius 3 is 2.67 bits per heavy atom. The van der Waals surface area contributed by atoms with Crippen LogP contribution in [0.15, 0.2) is 35.2 Å². The van der Waals surface area contributed by atoms with Gasteiger partial charge in [-0.3, -0.25) is 19.3 Å². The van der Waals surface area contributed by atoms with E-state index in [1.165, 1.54) is 37.5 Å². The third kappa shape index (κ3) is 4.69. The summed E-state index contributed by atoms with van der Waals surface area (Å²) in [4.78, 5) is 37.8. The minimum Gasteiger partial charge on any atom is -0.503 e. The van der Waals surface area contributed by atoms with Gasteiger partial charge in [0.15, 0.2) is 11.5 Å². The lowest BCUT2D eigenvalue weighted by molar-refractivity contribution is -0.127. The van der Waals surface area contributed by atoms with Crippen molar-refractivity contribution in [1.29, 1.82) is 0 Å².